The predicted octanol–water partition coefficient (Wildman–Crippen LogP) is 4.37. The third kappa shape index (κ3) is 3.88. The number of nitrogens with zero attached hydrogens (tertiary/aromatic N) is 4. The highest BCUT2D eigenvalue weighted by atomic mass is 35.5. The topological polar surface area (TPSA) is 96.2 Å². The number of nitro benzene ring substituents is 1. The van der Waals surface area contributed by atoms with Crippen molar-refractivity contribution in [3.8, 4) is 0 Å². The van der Waals surface area contributed by atoms with Crippen molar-refractivity contribution in [3.63, 3.8) is 0 Å². The summed E-state index contributed by atoms with van der Waals surface area (Å²) in [7, 11) is 3.84. The second-order valence-corrected chi connectivity index (χ2v) is 9.01. The van der Waals surface area contributed by atoms with E-state index in [1.54, 1.807) is 36.4 Å². The Bertz CT molecular complexity index is 1310. The molecule has 2 fully saturated rings. The van der Waals surface area contributed by atoms with Crippen molar-refractivity contribution in [1.29, 1.82) is 0 Å². The van der Waals surface area contributed by atoms with Crippen LogP contribution in [0.25, 0.3) is 0 Å². The fourth-order valence-electron chi connectivity index (χ4n) is 4.54. The van der Waals surface area contributed by atoms with E-state index >= 15 is 0 Å². The van der Waals surface area contributed by atoms with Gasteiger partial charge in [0.15, 0.2) is 6.10 Å². The largest absolute Gasteiger partial charge is 0.378 e. The average molecular weight is 493 g/mol. The van der Waals surface area contributed by atoms with E-state index in [0.29, 0.717) is 16.4 Å². The van der Waals surface area contributed by atoms with Crippen LogP contribution < -0.4 is 14.9 Å². The number of carbonyl (C=O) groups excluding carboxylic acids is 2. The summed E-state index contributed by atoms with van der Waals surface area (Å²) in [5.74, 6) is -1.75. The number of fused-ring (bicyclic) bond motifs is 1. The van der Waals surface area contributed by atoms with Crippen molar-refractivity contribution in [2.24, 2.45) is 5.92 Å². The molecule has 2 saturated heterocycles. The molecule has 178 valence electrons. The number of rotatable bonds is 5. The zero-order valence-corrected chi connectivity index (χ0v) is 19.6. The van der Waals surface area contributed by atoms with Crippen molar-refractivity contribution >= 4 is 46.2 Å². The summed E-state index contributed by atoms with van der Waals surface area (Å²) in [6.45, 7) is 0. The Labute approximate surface area is 206 Å². The summed E-state index contributed by atoms with van der Waals surface area (Å²) in [4.78, 5) is 47.0. The molecule has 2 amide bonds. The second-order valence-electron chi connectivity index (χ2n) is 8.57. The molecule has 0 aliphatic carbocycles. The maximum Gasteiger partial charge on any atom is 0.271 e. The fourth-order valence-corrected chi connectivity index (χ4v) is 4.66. The van der Waals surface area contributed by atoms with Gasteiger partial charge in [0.2, 0.25) is 5.91 Å². The number of hydroxylamine groups is 1. The first-order valence-corrected chi connectivity index (χ1v) is 11.2. The molecule has 0 aromatic heterocycles. The third-order valence-electron chi connectivity index (χ3n) is 6.25. The van der Waals surface area contributed by atoms with Gasteiger partial charge in [0.1, 0.15) is 5.92 Å². The number of benzene rings is 3. The lowest BCUT2D eigenvalue weighted by Crippen LogP contribution is -2.37. The molecule has 2 aliphatic rings. The lowest BCUT2D eigenvalue weighted by atomic mass is 9.90. The van der Waals surface area contributed by atoms with Crippen molar-refractivity contribution < 1.29 is 19.3 Å². The fraction of sp³-hybridized carbons (Fsp3) is 0.200. The van der Waals surface area contributed by atoms with Crippen LogP contribution in [0.15, 0.2) is 72.8 Å². The molecule has 3 atom stereocenters. The maximum absolute atomic E-state index is 13.6. The molecule has 5 rings (SSSR count). The normalized spacial score (nSPS) is 21.4. The van der Waals surface area contributed by atoms with E-state index in [9.17, 15) is 19.7 Å². The zero-order chi connectivity index (χ0) is 24.9. The second kappa shape index (κ2) is 8.68. The summed E-state index contributed by atoms with van der Waals surface area (Å²) in [6.07, 6.45) is -1.07. The third-order valence-corrected chi connectivity index (χ3v) is 6.50. The van der Waals surface area contributed by atoms with Gasteiger partial charge in [0.25, 0.3) is 11.6 Å². The van der Waals surface area contributed by atoms with Crippen molar-refractivity contribution in [3.05, 3.63) is 93.5 Å². The molecule has 0 unspecified atom stereocenters. The van der Waals surface area contributed by atoms with Gasteiger partial charge in [0.05, 0.1) is 22.3 Å². The lowest BCUT2D eigenvalue weighted by Gasteiger charge is -2.29. The molecule has 0 saturated carbocycles. The number of hydrogen-bond acceptors (Lipinski definition) is 7. The van der Waals surface area contributed by atoms with Crippen LogP contribution in [0.5, 0.6) is 0 Å². The predicted molar refractivity (Wildman–Crippen MR) is 131 cm³/mol. The van der Waals surface area contributed by atoms with E-state index in [4.69, 9.17) is 16.4 Å². The number of hydrogen-bond donors (Lipinski definition) is 0. The smallest absolute Gasteiger partial charge is 0.271 e. The minimum atomic E-state index is -1.07. The Balaban J connectivity index is 1.58. The van der Waals surface area contributed by atoms with Gasteiger partial charge in [-0.2, -0.15) is 0 Å². The van der Waals surface area contributed by atoms with Crippen molar-refractivity contribution in [2.75, 3.05) is 29.0 Å². The molecular formula is C25H21ClN4O5. The molecule has 0 radical (unpaired) electrons. The van der Waals surface area contributed by atoms with E-state index in [0.717, 1.165) is 16.2 Å². The lowest BCUT2D eigenvalue weighted by molar-refractivity contribution is -0.384. The van der Waals surface area contributed by atoms with E-state index in [2.05, 4.69) is 0 Å². The van der Waals surface area contributed by atoms with Gasteiger partial charge < -0.3 is 4.90 Å². The van der Waals surface area contributed by atoms with Gasteiger partial charge in [-0.05, 0) is 48.0 Å². The molecule has 0 bridgehead atoms. The molecule has 3 aromatic rings. The summed E-state index contributed by atoms with van der Waals surface area (Å²) < 4.78 is 0. The standard InChI is InChI=1S/C25H21ClN4O5/c1-27(2)17-10-6-15(7-11-17)22-21-23(35-29(22)19-4-3-5-20(14-19)30(33)34)25(32)28(24(21)31)18-12-8-16(26)9-13-18/h3-14,21-23H,1-2H3/t21-,22+,23+/m0/s1. The molecular weight excluding hydrogens is 472 g/mol. The zero-order valence-electron chi connectivity index (χ0n) is 18.9. The van der Waals surface area contributed by atoms with Crippen LogP contribution in [-0.2, 0) is 14.4 Å². The minimum Gasteiger partial charge on any atom is -0.378 e. The summed E-state index contributed by atoms with van der Waals surface area (Å²) >= 11 is 5.98. The highest BCUT2D eigenvalue weighted by Crippen LogP contribution is 2.48. The van der Waals surface area contributed by atoms with E-state index < -0.39 is 34.8 Å². The molecule has 35 heavy (non-hydrogen) atoms. The monoisotopic (exact) mass is 492 g/mol. The van der Waals surface area contributed by atoms with Gasteiger partial charge in [-0.25, -0.2) is 9.96 Å². The van der Waals surface area contributed by atoms with E-state index in [-0.39, 0.29) is 5.69 Å². The molecule has 0 N–H and O–H groups in total. The maximum atomic E-state index is 13.6. The number of carbonyl (C=O) groups is 2. The first-order valence-electron chi connectivity index (χ1n) is 10.9. The summed E-state index contributed by atoms with van der Waals surface area (Å²) in [5, 5.41) is 13.3. The average Bonchev–Trinajstić information content (AvgIpc) is 3.36. The van der Waals surface area contributed by atoms with Crippen LogP contribution in [-0.4, -0.2) is 36.9 Å². The van der Waals surface area contributed by atoms with Crippen LogP contribution in [0.1, 0.15) is 11.6 Å². The Morgan fingerprint density at radius 1 is 0.943 bits per heavy atom. The van der Waals surface area contributed by atoms with E-state index in [1.807, 2.05) is 43.3 Å². The Morgan fingerprint density at radius 3 is 2.26 bits per heavy atom. The number of imide groups is 1. The highest BCUT2D eigenvalue weighted by molar-refractivity contribution is 6.31. The Morgan fingerprint density at radius 2 is 1.63 bits per heavy atom. The molecule has 9 nitrogen and oxygen atoms in total. The minimum absolute atomic E-state index is 0.120. The van der Waals surface area contributed by atoms with Gasteiger partial charge >= 0.3 is 0 Å². The van der Waals surface area contributed by atoms with Gasteiger partial charge in [0, 0.05) is 36.9 Å². The molecule has 3 aromatic carbocycles. The van der Waals surface area contributed by atoms with Crippen LogP contribution in [0.2, 0.25) is 5.02 Å². The van der Waals surface area contributed by atoms with Crippen LogP contribution in [0, 0.1) is 16.0 Å². The number of non-ortho nitro benzene ring substituents is 1. The van der Waals surface area contributed by atoms with Crippen molar-refractivity contribution in [1.82, 2.24) is 0 Å². The summed E-state index contributed by atoms with van der Waals surface area (Å²) in [6, 6.07) is 19.3. The number of anilines is 3. The van der Waals surface area contributed by atoms with Gasteiger partial charge in [-0.15, -0.1) is 0 Å². The van der Waals surface area contributed by atoms with Crippen molar-refractivity contribution in [2.45, 2.75) is 12.1 Å². The first-order chi connectivity index (χ1) is 16.8. The quantitative estimate of drug-likeness (QED) is 0.296. The molecule has 2 heterocycles. The van der Waals surface area contributed by atoms with E-state index in [1.165, 1.54) is 17.2 Å². The molecule has 10 heteroatoms. The van der Waals surface area contributed by atoms with Gasteiger partial charge in [-0.3, -0.25) is 24.5 Å². The number of nitro groups is 1. The summed E-state index contributed by atoms with van der Waals surface area (Å²) in [5.41, 5.74) is 2.38. The van der Waals surface area contributed by atoms with Crippen LogP contribution in [0.3, 0.4) is 0 Å². The van der Waals surface area contributed by atoms with Crippen LogP contribution in [0.4, 0.5) is 22.7 Å². The highest BCUT2D eigenvalue weighted by Gasteiger charge is 2.60. The Kier molecular flexibility index (Phi) is 5.66. The van der Waals surface area contributed by atoms with Crippen LogP contribution >= 0.6 is 11.6 Å². The SMILES string of the molecule is CN(C)c1ccc([C@@H]2[C@@H]3C(=O)N(c4ccc(Cl)cc4)C(=O)[C@@H]3ON2c2cccc([N+](=O)[O-])c2)cc1. The van der Waals surface area contributed by atoms with Gasteiger partial charge in [-0.1, -0.05) is 29.8 Å². The number of amides is 2. The number of halogens is 1. The first kappa shape index (κ1) is 22.8. The molecule has 0 spiro atoms. The molecule has 2 aliphatic heterocycles. The Hall–Kier alpha value is -3.95.